The summed E-state index contributed by atoms with van der Waals surface area (Å²) in [4.78, 5) is 0.366. The summed E-state index contributed by atoms with van der Waals surface area (Å²) in [6.07, 6.45) is 8.11. The van der Waals surface area contributed by atoms with Crippen LogP contribution in [0.2, 0.25) is 0 Å². The van der Waals surface area contributed by atoms with E-state index in [0.717, 1.165) is 31.0 Å². The Bertz CT molecular complexity index is 649. The molecule has 1 aromatic rings. The van der Waals surface area contributed by atoms with Crippen molar-refractivity contribution in [2.45, 2.75) is 30.7 Å². The molecule has 24 heavy (non-hydrogen) atoms. The van der Waals surface area contributed by atoms with Gasteiger partial charge in [0, 0.05) is 19.6 Å². The summed E-state index contributed by atoms with van der Waals surface area (Å²) in [5.41, 5.74) is 1.11. The Hall–Kier alpha value is -1.21. The predicted molar refractivity (Wildman–Crippen MR) is 94.2 cm³/mol. The molecule has 3 rings (SSSR count). The Balaban J connectivity index is 1.53. The van der Waals surface area contributed by atoms with Crippen LogP contribution in [0.15, 0.2) is 41.3 Å². The third-order valence-corrected chi connectivity index (χ3v) is 6.58. The summed E-state index contributed by atoms with van der Waals surface area (Å²) in [5.74, 6) is 0.718. The highest BCUT2D eigenvalue weighted by Gasteiger charge is 2.26. The molecule has 1 aromatic carbocycles. The van der Waals surface area contributed by atoms with Gasteiger partial charge in [0.2, 0.25) is 10.0 Å². The normalized spacial score (nSPS) is 22.6. The molecule has 1 atom stereocenters. The Labute approximate surface area is 144 Å². The average Bonchev–Trinajstić information content (AvgIpc) is 2.64. The molecule has 0 bridgehead atoms. The number of allylic oxidation sites excluding steroid dienone is 2. The van der Waals surface area contributed by atoms with Crippen LogP contribution < -0.4 is 5.32 Å². The van der Waals surface area contributed by atoms with Gasteiger partial charge < -0.3 is 10.1 Å². The minimum Gasteiger partial charge on any atom is -0.379 e. The Morgan fingerprint density at radius 1 is 1.12 bits per heavy atom. The predicted octanol–water partition coefficient (Wildman–Crippen LogP) is 2.15. The molecule has 0 aromatic heterocycles. The second-order valence-corrected chi connectivity index (χ2v) is 8.38. The topological polar surface area (TPSA) is 58.6 Å². The second kappa shape index (κ2) is 8.25. The maximum atomic E-state index is 12.6. The molecule has 1 N–H and O–H groups in total. The van der Waals surface area contributed by atoms with Crippen LogP contribution in [0.5, 0.6) is 0 Å². The standard InChI is InChI=1S/C18H26N2O3S/c21-24(22,20-10-12-23-13-11-20)18-8-6-17(7-9-18)15-19-14-16-4-2-1-3-5-16/h1-2,6-9,16,19H,3-5,10-15H2. The lowest BCUT2D eigenvalue weighted by Crippen LogP contribution is -2.40. The molecule has 1 aliphatic carbocycles. The van der Waals surface area contributed by atoms with Gasteiger partial charge in [0.15, 0.2) is 0 Å². The summed E-state index contributed by atoms with van der Waals surface area (Å²) >= 11 is 0. The van der Waals surface area contributed by atoms with E-state index in [1.165, 1.54) is 17.1 Å². The van der Waals surface area contributed by atoms with Gasteiger partial charge in [-0.3, -0.25) is 0 Å². The second-order valence-electron chi connectivity index (χ2n) is 6.44. The van der Waals surface area contributed by atoms with Crippen molar-refractivity contribution in [2.24, 2.45) is 5.92 Å². The molecule has 1 heterocycles. The first-order valence-corrected chi connectivity index (χ1v) is 10.1. The van der Waals surface area contributed by atoms with E-state index in [0.29, 0.717) is 31.2 Å². The van der Waals surface area contributed by atoms with Crippen LogP contribution in [0.4, 0.5) is 0 Å². The van der Waals surface area contributed by atoms with Crippen LogP contribution in [-0.2, 0) is 21.3 Å². The van der Waals surface area contributed by atoms with Gasteiger partial charge in [-0.15, -0.1) is 0 Å². The molecule has 0 saturated carbocycles. The average molecular weight is 350 g/mol. The molecule has 0 spiro atoms. The van der Waals surface area contributed by atoms with E-state index >= 15 is 0 Å². The largest absolute Gasteiger partial charge is 0.379 e. The van der Waals surface area contributed by atoms with E-state index < -0.39 is 10.0 Å². The molecular formula is C18H26N2O3S. The van der Waals surface area contributed by atoms with Crippen LogP contribution in [0, 0.1) is 5.92 Å². The number of nitrogens with zero attached hydrogens (tertiary/aromatic N) is 1. The van der Waals surface area contributed by atoms with Crippen LogP contribution in [0.25, 0.3) is 0 Å². The van der Waals surface area contributed by atoms with Gasteiger partial charge in [-0.05, 0) is 49.4 Å². The van der Waals surface area contributed by atoms with Crippen molar-refractivity contribution >= 4 is 10.0 Å². The molecule has 6 heteroatoms. The zero-order valence-corrected chi connectivity index (χ0v) is 14.8. The number of hydrogen-bond donors (Lipinski definition) is 1. The highest BCUT2D eigenvalue weighted by Crippen LogP contribution is 2.19. The smallest absolute Gasteiger partial charge is 0.243 e. The van der Waals surface area contributed by atoms with Crippen molar-refractivity contribution in [3.63, 3.8) is 0 Å². The van der Waals surface area contributed by atoms with E-state index in [1.807, 2.05) is 12.1 Å². The van der Waals surface area contributed by atoms with Gasteiger partial charge in [0.25, 0.3) is 0 Å². The Morgan fingerprint density at radius 2 is 1.88 bits per heavy atom. The minimum atomic E-state index is -3.39. The molecule has 132 valence electrons. The van der Waals surface area contributed by atoms with Crippen molar-refractivity contribution in [3.8, 4) is 0 Å². The van der Waals surface area contributed by atoms with Crippen molar-refractivity contribution in [2.75, 3.05) is 32.8 Å². The van der Waals surface area contributed by atoms with Crippen molar-refractivity contribution in [1.82, 2.24) is 9.62 Å². The molecule has 1 unspecified atom stereocenters. The van der Waals surface area contributed by atoms with E-state index in [1.54, 1.807) is 12.1 Å². The number of morpholine rings is 1. The van der Waals surface area contributed by atoms with Gasteiger partial charge >= 0.3 is 0 Å². The third-order valence-electron chi connectivity index (χ3n) is 4.67. The monoisotopic (exact) mass is 350 g/mol. The lowest BCUT2D eigenvalue weighted by Gasteiger charge is -2.26. The summed E-state index contributed by atoms with van der Waals surface area (Å²) < 4.78 is 31.9. The first-order chi connectivity index (χ1) is 11.7. The molecule has 0 radical (unpaired) electrons. The number of rotatable bonds is 6. The van der Waals surface area contributed by atoms with Crippen LogP contribution in [0.1, 0.15) is 24.8 Å². The highest BCUT2D eigenvalue weighted by atomic mass is 32.2. The molecule has 2 aliphatic rings. The van der Waals surface area contributed by atoms with Crippen LogP contribution in [-0.4, -0.2) is 45.6 Å². The van der Waals surface area contributed by atoms with Crippen molar-refractivity contribution < 1.29 is 13.2 Å². The summed E-state index contributed by atoms with van der Waals surface area (Å²) in [6.45, 7) is 3.59. The summed E-state index contributed by atoms with van der Waals surface area (Å²) in [6, 6.07) is 7.23. The molecule has 1 saturated heterocycles. The lowest BCUT2D eigenvalue weighted by atomic mass is 9.94. The summed E-state index contributed by atoms with van der Waals surface area (Å²) in [7, 11) is -3.39. The molecular weight excluding hydrogens is 324 g/mol. The molecule has 0 amide bonds. The lowest BCUT2D eigenvalue weighted by molar-refractivity contribution is 0.0730. The fraction of sp³-hybridized carbons (Fsp3) is 0.556. The van der Waals surface area contributed by atoms with E-state index in [9.17, 15) is 8.42 Å². The fourth-order valence-corrected chi connectivity index (χ4v) is 4.59. The number of benzene rings is 1. The fourth-order valence-electron chi connectivity index (χ4n) is 3.18. The number of ether oxygens (including phenoxy) is 1. The zero-order chi connectivity index (χ0) is 16.8. The Morgan fingerprint density at radius 3 is 2.54 bits per heavy atom. The quantitative estimate of drug-likeness (QED) is 0.799. The third kappa shape index (κ3) is 4.45. The van der Waals surface area contributed by atoms with E-state index in [4.69, 9.17) is 4.74 Å². The SMILES string of the molecule is O=S(=O)(c1ccc(CNCC2CC=CCC2)cc1)N1CCOCC1. The first kappa shape index (κ1) is 17.6. The van der Waals surface area contributed by atoms with Gasteiger partial charge in [0.05, 0.1) is 18.1 Å². The van der Waals surface area contributed by atoms with Crippen LogP contribution in [0.3, 0.4) is 0 Å². The highest BCUT2D eigenvalue weighted by molar-refractivity contribution is 7.89. The van der Waals surface area contributed by atoms with Gasteiger partial charge in [-0.1, -0.05) is 24.3 Å². The maximum Gasteiger partial charge on any atom is 0.243 e. The van der Waals surface area contributed by atoms with Crippen molar-refractivity contribution in [1.29, 1.82) is 0 Å². The van der Waals surface area contributed by atoms with Gasteiger partial charge in [-0.25, -0.2) is 8.42 Å². The number of sulfonamides is 1. The first-order valence-electron chi connectivity index (χ1n) is 8.69. The van der Waals surface area contributed by atoms with Gasteiger partial charge in [0.1, 0.15) is 0 Å². The molecule has 1 aliphatic heterocycles. The van der Waals surface area contributed by atoms with Crippen molar-refractivity contribution in [3.05, 3.63) is 42.0 Å². The minimum absolute atomic E-state index is 0.366. The number of nitrogens with one attached hydrogen (secondary N) is 1. The molecule has 1 fully saturated rings. The Kier molecular flexibility index (Phi) is 6.05. The summed E-state index contributed by atoms with van der Waals surface area (Å²) in [5, 5.41) is 3.48. The zero-order valence-electron chi connectivity index (χ0n) is 14.0. The van der Waals surface area contributed by atoms with Crippen LogP contribution >= 0.6 is 0 Å². The van der Waals surface area contributed by atoms with E-state index in [-0.39, 0.29) is 0 Å². The van der Waals surface area contributed by atoms with Gasteiger partial charge in [-0.2, -0.15) is 4.31 Å². The number of hydrogen-bond acceptors (Lipinski definition) is 4. The molecule has 5 nitrogen and oxygen atoms in total. The van der Waals surface area contributed by atoms with E-state index in [2.05, 4.69) is 17.5 Å². The maximum absolute atomic E-state index is 12.6.